The molecular formula is C5HClF3NO2. The van der Waals surface area contributed by atoms with E-state index in [4.69, 9.17) is 10.4 Å². The Morgan fingerprint density at radius 3 is 2.00 bits per heavy atom. The fourth-order valence-corrected chi connectivity index (χ4v) is 0.456. The molecular weight excluding hydrogens is 199 g/mol. The van der Waals surface area contributed by atoms with Crippen molar-refractivity contribution in [2.45, 2.75) is 6.18 Å². The molecule has 0 atom stereocenters. The molecule has 12 heavy (non-hydrogen) atoms. The van der Waals surface area contributed by atoms with Crippen molar-refractivity contribution in [3.8, 4) is 6.07 Å². The lowest BCUT2D eigenvalue weighted by atomic mass is 10.3. The summed E-state index contributed by atoms with van der Waals surface area (Å²) in [6, 6.07) is 0.836. The number of aliphatic carboxylic acids is 1. The molecule has 1 N–H and O–H groups in total. The number of carboxylic acid groups (broad SMARTS) is 1. The van der Waals surface area contributed by atoms with E-state index in [1.807, 2.05) is 0 Å². The Balaban J connectivity index is 5.17. The second-order valence-corrected chi connectivity index (χ2v) is 1.98. The maximum atomic E-state index is 11.6. The molecule has 0 heterocycles. The van der Waals surface area contributed by atoms with Crippen molar-refractivity contribution in [2.24, 2.45) is 0 Å². The number of carboxylic acids is 1. The Morgan fingerprint density at radius 1 is 1.50 bits per heavy atom. The molecule has 0 aliphatic heterocycles. The van der Waals surface area contributed by atoms with Crippen LogP contribution in [0.15, 0.2) is 10.6 Å². The van der Waals surface area contributed by atoms with Crippen LogP contribution in [0, 0.1) is 11.3 Å². The maximum Gasteiger partial charge on any atom is 0.428 e. The largest absolute Gasteiger partial charge is 0.477 e. The van der Waals surface area contributed by atoms with Crippen LogP contribution in [0.1, 0.15) is 0 Å². The molecule has 0 rings (SSSR count). The van der Waals surface area contributed by atoms with Crippen LogP contribution in [-0.4, -0.2) is 17.3 Å². The maximum absolute atomic E-state index is 11.6. The van der Waals surface area contributed by atoms with E-state index < -0.39 is 22.8 Å². The van der Waals surface area contributed by atoms with Crippen molar-refractivity contribution < 1.29 is 23.1 Å². The first-order valence-corrected chi connectivity index (χ1v) is 2.79. The normalized spacial score (nSPS) is 13.2. The van der Waals surface area contributed by atoms with Gasteiger partial charge in [0.25, 0.3) is 0 Å². The molecule has 0 bridgehead atoms. The number of carbonyl (C=O) groups is 1. The van der Waals surface area contributed by atoms with Crippen LogP contribution in [0.4, 0.5) is 13.2 Å². The quantitative estimate of drug-likeness (QED) is 0.516. The number of allylic oxidation sites excluding steroid dienone is 1. The molecule has 0 fully saturated rings. The van der Waals surface area contributed by atoms with Gasteiger partial charge in [-0.1, -0.05) is 11.6 Å². The van der Waals surface area contributed by atoms with Crippen molar-refractivity contribution in [2.75, 3.05) is 0 Å². The fourth-order valence-electron chi connectivity index (χ4n) is 0.333. The lowest BCUT2D eigenvalue weighted by molar-refractivity contribution is -0.133. The molecule has 0 aromatic rings. The SMILES string of the molecule is N#C/C(C(=O)O)=C(\Cl)C(F)(F)F. The topological polar surface area (TPSA) is 61.1 Å². The average molecular weight is 200 g/mol. The van der Waals surface area contributed by atoms with Crippen LogP contribution in [0.2, 0.25) is 0 Å². The number of rotatable bonds is 1. The van der Waals surface area contributed by atoms with Crippen LogP contribution >= 0.6 is 11.6 Å². The van der Waals surface area contributed by atoms with Gasteiger partial charge in [0, 0.05) is 0 Å². The zero-order chi connectivity index (χ0) is 9.94. The summed E-state index contributed by atoms with van der Waals surface area (Å²) in [6.45, 7) is 0. The summed E-state index contributed by atoms with van der Waals surface area (Å²) in [5.41, 5.74) is -1.51. The van der Waals surface area contributed by atoms with Crippen LogP contribution in [0.3, 0.4) is 0 Å². The van der Waals surface area contributed by atoms with E-state index >= 15 is 0 Å². The highest BCUT2D eigenvalue weighted by Crippen LogP contribution is 2.31. The van der Waals surface area contributed by atoms with Crippen LogP contribution < -0.4 is 0 Å². The zero-order valence-electron chi connectivity index (χ0n) is 5.31. The molecule has 0 unspecified atom stereocenters. The van der Waals surface area contributed by atoms with Gasteiger partial charge in [-0.25, -0.2) is 4.79 Å². The molecule has 0 aromatic heterocycles. The Hall–Kier alpha value is -1.22. The van der Waals surface area contributed by atoms with Gasteiger partial charge < -0.3 is 5.11 Å². The van der Waals surface area contributed by atoms with Crippen molar-refractivity contribution in [3.05, 3.63) is 10.6 Å². The Bertz CT molecular complexity index is 275. The number of alkyl halides is 3. The van der Waals surface area contributed by atoms with Crippen LogP contribution in [0.5, 0.6) is 0 Å². The zero-order valence-corrected chi connectivity index (χ0v) is 6.07. The second-order valence-electron chi connectivity index (χ2n) is 1.60. The molecule has 66 valence electrons. The van der Waals surface area contributed by atoms with Gasteiger partial charge >= 0.3 is 12.1 Å². The van der Waals surface area contributed by atoms with Gasteiger partial charge in [0.1, 0.15) is 11.1 Å². The van der Waals surface area contributed by atoms with Gasteiger partial charge in [-0.2, -0.15) is 18.4 Å². The third-order valence-corrected chi connectivity index (χ3v) is 1.20. The molecule has 3 nitrogen and oxygen atoms in total. The Morgan fingerprint density at radius 2 is 1.92 bits per heavy atom. The first-order valence-electron chi connectivity index (χ1n) is 2.41. The monoisotopic (exact) mass is 199 g/mol. The number of halogens is 4. The second kappa shape index (κ2) is 3.45. The minimum Gasteiger partial charge on any atom is -0.477 e. The highest BCUT2D eigenvalue weighted by atomic mass is 35.5. The Labute approximate surface area is 69.7 Å². The van der Waals surface area contributed by atoms with Crippen molar-refractivity contribution in [1.29, 1.82) is 5.26 Å². The number of nitriles is 1. The summed E-state index contributed by atoms with van der Waals surface area (Å²) in [5, 5.41) is 14.1. The van der Waals surface area contributed by atoms with E-state index in [9.17, 15) is 18.0 Å². The smallest absolute Gasteiger partial charge is 0.428 e. The number of hydrogen-bond donors (Lipinski definition) is 1. The minimum atomic E-state index is -5.00. The molecule has 0 aromatic carbocycles. The first-order chi connectivity index (χ1) is 5.30. The summed E-state index contributed by atoms with van der Waals surface area (Å²) in [7, 11) is 0. The third-order valence-electron chi connectivity index (χ3n) is 0.794. The van der Waals surface area contributed by atoms with Crippen molar-refractivity contribution in [1.82, 2.24) is 0 Å². The van der Waals surface area contributed by atoms with Gasteiger partial charge in [0.2, 0.25) is 0 Å². The van der Waals surface area contributed by atoms with E-state index in [0.29, 0.717) is 0 Å². The lowest BCUT2D eigenvalue weighted by Crippen LogP contribution is -2.13. The molecule has 0 saturated carbocycles. The van der Waals surface area contributed by atoms with E-state index in [0.717, 1.165) is 6.07 Å². The summed E-state index contributed by atoms with van der Waals surface area (Å²) in [6.07, 6.45) is -5.00. The van der Waals surface area contributed by atoms with E-state index in [2.05, 4.69) is 11.6 Å². The minimum absolute atomic E-state index is 0.836. The van der Waals surface area contributed by atoms with Gasteiger partial charge in [-0.15, -0.1) is 0 Å². The summed E-state index contributed by atoms with van der Waals surface area (Å²) in [4.78, 5) is 9.95. The van der Waals surface area contributed by atoms with Crippen molar-refractivity contribution >= 4 is 17.6 Å². The molecule has 0 saturated heterocycles. The number of nitrogens with zero attached hydrogens (tertiary/aromatic N) is 1. The molecule has 0 spiro atoms. The van der Waals surface area contributed by atoms with Gasteiger partial charge in [0.05, 0.1) is 0 Å². The van der Waals surface area contributed by atoms with E-state index in [1.165, 1.54) is 0 Å². The molecule has 0 aliphatic rings. The average Bonchev–Trinajstić information content (AvgIpc) is 1.86. The Kier molecular flexibility index (Phi) is 3.10. The highest BCUT2D eigenvalue weighted by molar-refractivity contribution is 6.32. The summed E-state index contributed by atoms with van der Waals surface area (Å²) >= 11 is 4.57. The number of hydrogen-bond acceptors (Lipinski definition) is 2. The highest BCUT2D eigenvalue weighted by Gasteiger charge is 2.37. The summed E-state index contributed by atoms with van der Waals surface area (Å²) < 4.78 is 34.9. The predicted octanol–water partition coefficient (Wildman–Crippen LogP) is 1.65. The van der Waals surface area contributed by atoms with E-state index in [1.54, 1.807) is 0 Å². The van der Waals surface area contributed by atoms with E-state index in [-0.39, 0.29) is 0 Å². The van der Waals surface area contributed by atoms with Crippen LogP contribution in [-0.2, 0) is 4.79 Å². The fraction of sp³-hybridized carbons (Fsp3) is 0.200. The van der Waals surface area contributed by atoms with Gasteiger partial charge in [-0.3, -0.25) is 0 Å². The standard InChI is InChI=1S/C5HClF3NO2/c6-3(5(7,8)9)2(1-10)4(11)12/h(H,11,12)/b3-2+. The van der Waals surface area contributed by atoms with Gasteiger partial charge in [0.15, 0.2) is 5.57 Å². The lowest BCUT2D eigenvalue weighted by Gasteiger charge is -2.03. The van der Waals surface area contributed by atoms with Crippen LogP contribution in [0.25, 0.3) is 0 Å². The predicted molar refractivity (Wildman–Crippen MR) is 32.2 cm³/mol. The van der Waals surface area contributed by atoms with Gasteiger partial charge in [-0.05, 0) is 0 Å². The first kappa shape index (κ1) is 10.8. The molecule has 0 amide bonds. The summed E-state index contributed by atoms with van der Waals surface area (Å²) in [5.74, 6) is -2.00. The molecule has 7 heteroatoms. The third kappa shape index (κ3) is 2.43. The molecule has 0 radical (unpaired) electrons. The molecule has 0 aliphatic carbocycles. The van der Waals surface area contributed by atoms with Crippen molar-refractivity contribution in [3.63, 3.8) is 0 Å².